The summed E-state index contributed by atoms with van der Waals surface area (Å²) in [5.74, 6) is -0.972. The summed E-state index contributed by atoms with van der Waals surface area (Å²) in [6, 6.07) is 7.40. The monoisotopic (exact) mass is 631 g/mol. The highest BCUT2D eigenvalue weighted by atomic mass is 35.5. The largest absolute Gasteiger partial charge is 0.355 e. The number of amides is 2. The third-order valence-corrected chi connectivity index (χ3v) is 8.30. The maximum Gasteiger partial charge on any atom is 0.355 e. The number of rotatable bonds is 6. The van der Waals surface area contributed by atoms with Gasteiger partial charge >= 0.3 is 5.69 Å². The van der Waals surface area contributed by atoms with Gasteiger partial charge in [-0.3, -0.25) is 14.6 Å². The molecule has 3 aromatic heterocycles. The number of piperazine rings is 1. The van der Waals surface area contributed by atoms with E-state index in [0.717, 1.165) is 5.56 Å². The number of nitrogens with one attached hydrogen (secondary N) is 1. The van der Waals surface area contributed by atoms with Crippen molar-refractivity contribution in [1.29, 1.82) is 0 Å². The van der Waals surface area contributed by atoms with Crippen LogP contribution in [0.4, 0.5) is 15.9 Å². The molecule has 10 nitrogen and oxygen atoms in total. The van der Waals surface area contributed by atoms with Crippen LogP contribution in [0.2, 0.25) is 5.02 Å². The summed E-state index contributed by atoms with van der Waals surface area (Å²) in [5.41, 5.74) is 2.02. The molecule has 5 rings (SSSR count). The minimum atomic E-state index is -0.659. The number of anilines is 2. The molecule has 2 amide bonds. The number of halogens is 2. The van der Waals surface area contributed by atoms with Crippen LogP contribution in [0.15, 0.2) is 54.0 Å². The fourth-order valence-electron chi connectivity index (χ4n) is 5.87. The van der Waals surface area contributed by atoms with Gasteiger partial charge in [-0.1, -0.05) is 44.2 Å². The van der Waals surface area contributed by atoms with E-state index in [9.17, 15) is 14.4 Å². The van der Waals surface area contributed by atoms with Gasteiger partial charge in [0.2, 0.25) is 11.8 Å². The molecule has 0 saturated carbocycles. The van der Waals surface area contributed by atoms with Gasteiger partial charge in [0, 0.05) is 43.9 Å². The number of aryl methyl sites for hydroxylation is 1. The highest BCUT2D eigenvalue weighted by Crippen LogP contribution is 2.38. The van der Waals surface area contributed by atoms with Crippen LogP contribution in [0.3, 0.4) is 0 Å². The van der Waals surface area contributed by atoms with E-state index in [4.69, 9.17) is 16.6 Å². The lowest BCUT2D eigenvalue weighted by molar-refractivity contribution is -0.128. The molecular weight excluding hydrogens is 597 g/mol. The zero-order chi connectivity index (χ0) is 32.7. The van der Waals surface area contributed by atoms with E-state index in [1.807, 2.05) is 45.6 Å². The first-order valence-electron chi connectivity index (χ1n) is 14.7. The molecule has 4 aromatic rings. The van der Waals surface area contributed by atoms with Crippen LogP contribution in [-0.2, 0) is 9.59 Å². The van der Waals surface area contributed by atoms with E-state index >= 15 is 4.39 Å². The predicted octanol–water partition coefficient (Wildman–Crippen LogP) is 5.64. The molecule has 0 radical (unpaired) electrons. The summed E-state index contributed by atoms with van der Waals surface area (Å²) < 4.78 is 16.5. The van der Waals surface area contributed by atoms with E-state index in [1.165, 1.54) is 29.7 Å². The van der Waals surface area contributed by atoms with Crippen molar-refractivity contribution < 1.29 is 14.0 Å². The molecular formula is C33H35ClFN7O3. The fourth-order valence-corrected chi connectivity index (χ4v) is 6.12. The molecule has 234 valence electrons. The molecule has 1 saturated heterocycles. The Morgan fingerprint density at radius 1 is 1.16 bits per heavy atom. The minimum Gasteiger partial charge on any atom is -0.349 e. The molecule has 1 aliphatic rings. The molecule has 4 heterocycles. The smallest absolute Gasteiger partial charge is 0.349 e. The second kappa shape index (κ2) is 12.4. The summed E-state index contributed by atoms with van der Waals surface area (Å²) >= 11 is 6.90. The van der Waals surface area contributed by atoms with Crippen molar-refractivity contribution >= 4 is 46.0 Å². The quantitative estimate of drug-likeness (QED) is 0.274. The zero-order valence-corrected chi connectivity index (χ0v) is 26.8. The predicted molar refractivity (Wildman–Crippen MR) is 175 cm³/mol. The minimum absolute atomic E-state index is 0.0424. The average molecular weight is 632 g/mol. The summed E-state index contributed by atoms with van der Waals surface area (Å²) in [7, 11) is 0. The summed E-state index contributed by atoms with van der Waals surface area (Å²) in [4.78, 5) is 56.5. The van der Waals surface area contributed by atoms with Crippen molar-refractivity contribution in [2.24, 2.45) is 0 Å². The number of hydrogen-bond acceptors (Lipinski definition) is 7. The molecule has 1 fully saturated rings. The number of carbonyl (C=O) groups excluding carboxylic acids is 2. The normalized spacial score (nSPS) is 16.7. The molecule has 0 spiro atoms. The van der Waals surface area contributed by atoms with Crippen molar-refractivity contribution in [3.8, 4) is 16.9 Å². The Labute approximate surface area is 265 Å². The first-order chi connectivity index (χ1) is 21.3. The number of aromatic nitrogens is 4. The maximum atomic E-state index is 15.0. The molecule has 1 aliphatic heterocycles. The van der Waals surface area contributed by atoms with Gasteiger partial charge < -0.3 is 15.1 Å². The van der Waals surface area contributed by atoms with Crippen LogP contribution < -0.4 is 15.9 Å². The number of nitrogens with zero attached hydrogens (tertiary/aromatic N) is 6. The Morgan fingerprint density at radius 2 is 1.89 bits per heavy atom. The fraction of sp³-hybridized carbons (Fsp3) is 0.333. The van der Waals surface area contributed by atoms with Crippen molar-refractivity contribution in [2.75, 3.05) is 23.3 Å². The van der Waals surface area contributed by atoms with Crippen LogP contribution in [-0.4, -0.2) is 61.4 Å². The van der Waals surface area contributed by atoms with E-state index in [0.29, 0.717) is 35.7 Å². The summed E-state index contributed by atoms with van der Waals surface area (Å²) in [6.07, 6.45) is 2.99. The third kappa shape index (κ3) is 5.80. The molecule has 2 unspecified atom stereocenters. The number of para-hydroxylation sites is 1. The van der Waals surface area contributed by atoms with Gasteiger partial charge in [0.15, 0.2) is 5.65 Å². The van der Waals surface area contributed by atoms with Gasteiger partial charge in [-0.25, -0.2) is 18.7 Å². The Kier molecular flexibility index (Phi) is 8.75. The second-order valence-corrected chi connectivity index (χ2v) is 12.1. The topological polar surface area (TPSA) is 113 Å². The van der Waals surface area contributed by atoms with Gasteiger partial charge in [-0.2, -0.15) is 4.98 Å². The molecule has 12 heteroatoms. The Morgan fingerprint density at radius 3 is 2.56 bits per heavy atom. The Bertz CT molecular complexity index is 1910. The van der Waals surface area contributed by atoms with Gasteiger partial charge in [0.25, 0.3) is 0 Å². The number of pyridine rings is 2. The number of carbonyl (C=O) groups is 2. The molecule has 0 aliphatic carbocycles. The Balaban J connectivity index is 1.85. The van der Waals surface area contributed by atoms with E-state index in [2.05, 4.69) is 21.9 Å². The van der Waals surface area contributed by atoms with E-state index < -0.39 is 17.4 Å². The SMILES string of the molecule is C=CC(=O)N1CC(C)N(c2nc(=O)n(-c3c(C)ccnc3C(C)C)c3nc(-c4cccc(F)c4NC(C)=O)c(Cl)cc23)CC1C. The molecule has 45 heavy (non-hydrogen) atoms. The highest BCUT2D eigenvalue weighted by molar-refractivity contribution is 6.34. The number of benzene rings is 1. The van der Waals surface area contributed by atoms with Crippen LogP contribution in [0.1, 0.15) is 51.8 Å². The van der Waals surface area contributed by atoms with Gasteiger partial charge in [-0.05, 0) is 56.5 Å². The van der Waals surface area contributed by atoms with Gasteiger partial charge in [-0.15, -0.1) is 0 Å². The van der Waals surface area contributed by atoms with Crippen molar-refractivity contribution in [2.45, 2.75) is 59.5 Å². The Hall–Kier alpha value is -4.64. The highest BCUT2D eigenvalue weighted by Gasteiger charge is 2.34. The van der Waals surface area contributed by atoms with Crippen molar-refractivity contribution in [1.82, 2.24) is 24.4 Å². The number of hydrogen-bond donors (Lipinski definition) is 1. The summed E-state index contributed by atoms with van der Waals surface area (Å²) in [5, 5.41) is 3.20. The van der Waals surface area contributed by atoms with Crippen LogP contribution >= 0.6 is 11.6 Å². The molecule has 0 bridgehead atoms. The van der Waals surface area contributed by atoms with Gasteiger partial charge in [0.05, 0.1) is 33.2 Å². The van der Waals surface area contributed by atoms with Crippen molar-refractivity contribution in [3.63, 3.8) is 0 Å². The van der Waals surface area contributed by atoms with Gasteiger partial charge in [0.1, 0.15) is 11.6 Å². The molecule has 1 N–H and O–H groups in total. The summed E-state index contributed by atoms with van der Waals surface area (Å²) in [6.45, 7) is 15.4. The zero-order valence-electron chi connectivity index (χ0n) is 26.1. The third-order valence-electron chi connectivity index (χ3n) is 8.01. The number of fused-ring (bicyclic) bond motifs is 1. The van der Waals surface area contributed by atoms with Crippen LogP contribution in [0.5, 0.6) is 0 Å². The average Bonchev–Trinajstić information content (AvgIpc) is 2.98. The lowest BCUT2D eigenvalue weighted by Gasteiger charge is -2.44. The lowest BCUT2D eigenvalue weighted by Crippen LogP contribution is -2.58. The first-order valence-corrected chi connectivity index (χ1v) is 15.1. The standard InChI is InChI=1S/C33H35ClFN7O3/c1-8-26(44)40-15-20(6)41(16-19(40)5)31-23-14-24(34)28(22-10-9-11-25(35)29(22)37-21(7)43)38-32(23)42(33(45)39-31)30-18(4)12-13-36-27(30)17(2)3/h8-14,17,19-20H,1,15-16H2,2-7H3,(H,37,43). The first kappa shape index (κ1) is 31.8. The van der Waals surface area contributed by atoms with Crippen molar-refractivity contribution in [3.05, 3.63) is 81.8 Å². The van der Waals surface area contributed by atoms with E-state index in [-0.39, 0.29) is 51.5 Å². The molecule has 1 aromatic carbocycles. The molecule has 2 atom stereocenters. The lowest BCUT2D eigenvalue weighted by atomic mass is 10.0. The maximum absolute atomic E-state index is 15.0. The van der Waals surface area contributed by atoms with E-state index in [1.54, 1.807) is 23.2 Å². The van der Waals surface area contributed by atoms with Crippen LogP contribution in [0, 0.1) is 12.7 Å². The van der Waals surface area contributed by atoms with Crippen LogP contribution in [0.25, 0.3) is 28.0 Å². The second-order valence-electron chi connectivity index (χ2n) is 11.6.